The van der Waals surface area contributed by atoms with Gasteiger partial charge in [-0.2, -0.15) is 11.3 Å². The minimum atomic E-state index is -0.524. The van der Waals surface area contributed by atoms with Crippen molar-refractivity contribution < 1.29 is 9.53 Å². The molecule has 0 aromatic carbocycles. The molecule has 0 amide bonds. The maximum atomic E-state index is 11.4. The lowest BCUT2D eigenvalue weighted by Crippen LogP contribution is -2.12. The van der Waals surface area contributed by atoms with Crippen LogP contribution in [0.15, 0.2) is 22.9 Å². The number of anilines is 1. The first-order chi connectivity index (χ1) is 9.19. The van der Waals surface area contributed by atoms with E-state index >= 15 is 0 Å². The van der Waals surface area contributed by atoms with Crippen LogP contribution in [0.2, 0.25) is 0 Å². The van der Waals surface area contributed by atoms with Crippen LogP contribution in [0, 0.1) is 6.92 Å². The molecule has 100 valence electrons. The zero-order valence-corrected chi connectivity index (χ0v) is 11.7. The monoisotopic (exact) mass is 277 g/mol. The average molecular weight is 277 g/mol. The molecule has 0 aliphatic heterocycles. The van der Waals surface area contributed by atoms with E-state index in [1.807, 2.05) is 6.92 Å². The van der Waals surface area contributed by atoms with Crippen molar-refractivity contribution in [2.45, 2.75) is 13.3 Å². The summed E-state index contributed by atoms with van der Waals surface area (Å²) in [4.78, 5) is 19.6. The van der Waals surface area contributed by atoms with Crippen molar-refractivity contribution in [2.24, 2.45) is 0 Å². The number of aryl methyl sites for hydroxylation is 1. The topological polar surface area (TPSA) is 64.1 Å². The van der Waals surface area contributed by atoms with E-state index in [-0.39, 0.29) is 5.82 Å². The van der Waals surface area contributed by atoms with Gasteiger partial charge in [-0.25, -0.2) is 14.8 Å². The third-order valence-electron chi connectivity index (χ3n) is 2.52. The molecule has 6 heteroatoms. The van der Waals surface area contributed by atoms with Crippen molar-refractivity contribution in [3.8, 4) is 0 Å². The molecule has 2 rings (SSSR count). The van der Waals surface area contributed by atoms with Gasteiger partial charge >= 0.3 is 5.97 Å². The third-order valence-corrected chi connectivity index (χ3v) is 3.25. The number of hydrogen-bond donors (Lipinski definition) is 1. The summed E-state index contributed by atoms with van der Waals surface area (Å²) in [7, 11) is 1.32. The molecular formula is C13H15N3O2S. The minimum absolute atomic E-state index is 0.0838. The maximum Gasteiger partial charge on any atom is 0.376 e. The summed E-state index contributed by atoms with van der Waals surface area (Å²) in [6, 6.07) is 3.90. The van der Waals surface area contributed by atoms with E-state index < -0.39 is 5.97 Å². The molecule has 0 unspecified atom stereocenters. The summed E-state index contributed by atoms with van der Waals surface area (Å²) in [5.41, 5.74) is 2.02. The van der Waals surface area contributed by atoms with Gasteiger partial charge in [0.15, 0.2) is 0 Å². The number of methoxy groups -OCH3 is 1. The number of rotatable bonds is 5. The Balaban J connectivity index is 1.99. The van der Waals surface area contributed by atoms with Crippen molar-refractivity contribution in [1.29, 1.82) is 0 Å². The molecule has 0 spiro atoms. The predicted octanol–water partition coefficient (Wildman–Crippen LogP) is 2.29. The number of ether oxygens (including phenoxy) is 1. The van der Waals surface area contributed by atoms with Gasteiger partial charge in [-0.05, 0) is 35.7 Å². The average Bonchev–Trinajstić information content (AvgIpc) is 2.90. The molecule has 0 aliphatic carbocycles. The van der Waals surface area contributed by atoms with Crippen LogP contribution in [-0.4, -0.2) is 29.6 Å². The molecule has 0 aliphatic rings. The highest BCUT2D eigenvalue weighted by molar-refractivity contribution is 7.07. The Bertz CT molecular complexity index is 555. The van der Waals surface area contributed by atoms with Gasteiger partial charge in [-0.1, -0.05) is 0 Å². The smallest absolute Gasteiger partial charge is 0.376 e. The molecule has 0 fully saturated rings. The fourth-order valence-corrected chi connectivity index (χ4v) is 2.31. The van der Waals surface area contributed by atoms with E-state index in [4.69, 9.17) is 0 Å². The summed E-state index contributed by atoms with van der Waals surface area (Å²) in [5, 5.41) is 7.36. The SMILES string of the molecule is COC(=O)c1nc(C)cc(NCCc2ccsc2)n1. The van der Waals surface area contributed by atoms with Crippen molar-refractivity contribution in [3.05, 3.63) is 40.0 Å². The Hall–Kier alpha value is -1.95. The second-order valence-electron chi connectivity index (χ2n) is 4.02. The van der Waals surface area contributed by atoms with Crippen LogP contribution in [-0.2, 0) is 11.2 Å². The van der Waals surface area contributed by atoms with E-state index in [1.165, 1.54) is 12.7 Å². The van der Waals surface area contributed by atoms with Crippen LogP contribution in [0.25, 0.3) is 0 Å². The van der Waals surface area contributed by atoms with Gasteiger partial charge < -0.3 is 10.1 Å². The van der Waals surface area contributed by atoms with Crippen LogP contribution in [0.1, 0.15) is 21.9 Å². The number of nitrogens with one attached hydrogen (secondary N) is 1. The van der Waals surface area contributed by atoms with E-state index in [9.17, 15) is 4.79 Å². The van der Waals surface area contributed by atoms with Crippen molar-refractivity contribution in [1.82, 2.24) is 9.97 Å². The second-order valence-corrected chi connectivity index (χ2v) is 4.80. The van der Waals surface area contributed by atoms with Crippen LogP contribution in [0.3, 0.4) is 0 Å². The molecule has 0 saturated heterocycles. The summed E-state index contributed by atoms with van der Waals surface area (Å²) >= 11 is 1.68. The maximum absolute atomic E-state index is 11.4. The van der Waals surface area contributed by atoms with Crippen molar-refractivity contribution >= 4 is 23.1 Å². The van der Waals surface area contributed by atoms with Gasteiger partial charge in [0.1, 0.15) is 5.82 Å². The fraction of sp³-hybridized carbons (Fsp3) is 0.308. The van der Waals surface area contributed by atoms with E-state index in [2.05, 4.69) is 36.8 Å². The number of esters is 1. The van der Waals surface area contributed by atoms with E-state index in [1.54, 1.807) is 17.4 Å². The Labute approximate surface area is 115 Å². The standard InChI is InChI=1S/C13H15N3O2S/c1-9-7-11(16-12(15-9)13(17)18-2)14-5-3-10-4-6-19-8-10/h4,6-8H,3,5H2,1-2H3,(H,14,15,16). The van der Waals surface area contributed by atoms with Gasteiger partial charge in [0.25, 0.3) is 0 Å². The van der Waals surface area contributed by atoms with Gasteiger partial charge in [0.05, 0.1) is 7.11 Å². The molecule has 0 saturated carbocycles. The number of nitrogens with zero attached hydrogens (tertiary/aromatic N) is 2. The molecule has 0 bridgehead atoms. The highest BCUT2D eigenvalue weighted by Crippen LogP contribution is 2.09. The Morgan fingerprint density at radius 1 is 1.47 bits per heavy atom. The number of thiophene rings is 1. The second kappa shape index (κ2) is 6.29. The first-order valence-electron chi connectivity index (χ1n) is 5.88. The van der Waals surface area contributed by atoms with Gasteiger partial charge in [-0.15, -0.1) is 0 Å². The predicted molar refractivity (Wildman–Crippen MR) is 74.6 cm³/mol. The Morgan fingerprint density at radius 3 is 3.00 bits per heavy atom. The zero-order valence-electron chi connectivity index (χ0n) is 10.8. The molecule has 2 aromatic rings. The quantitative estimate of drug-likeness (QED) is 0.849. The molecule has 19 heavy (non-hydrogen) atoms. The molecule has 1 N–H and O–H groups in total. The number of carbonyl (C=O) groups is 1. The zero-order chi connectivity index (χ0) is 13.7. The molecule has 2 heterocycles. The van der Waals surface area contributed by atoms with Crippen LogP contribution >= 0.6 is 11.3 Å². The van der Waals surface area contributed by atoms with E-state index in [0.29, 0.717) is 5.82 Å². The van der Waals surface area contributed by atoms with Crippen molar-refractivity contribution in [2.75, 3.05) is 19.0 Å². The van der Waals surface area contributed by atoms with Gasteiger partial charge in [-0.3, -0.25) is 0 Å². The van der Waals surface area contributed by atoms with E-state index in [0.717, 1.165) is 18.7 Å². The normalized spacial score (nSPS) is 10.2. The van der Waals surface area contributed by atoms with Crippen LogP contribution in [0.4, 0.5) is 5.82 Å². The first kappa shape index (κ1) is 13.5. The summed E-state index contributed by atoms with van der Waals surface area (Å²) in [6.07, 6.45) is 0.917. The van der Waals surface area contributed by atoms with Crippen LogP contribution < -0.4 is 5.32 Å². The molecule has 2 aromatic heterocycles. The first-order valence-corrected chi connectivity index (χ1v) is 6.82. The Kier molecular flexibility index (Phi) is 4.46. The lowest BCUT2D eigenvalue weighted by molar-refractivity contribution is 0.0586. The van der Waals surface area contributed by atoms with Gasteiger partial charge in [0, 0.05) is 18.3 Å². The summed E-state index contributed by atoms with van der Waals surface area (Å²) in [6.45, 7) is 2.58. The molecule has 5 nitrogen and oxygen atoms in total. The largest absolute Gasteiger partial charge is 0.463 e. The Morgan fingerprint density at radius 2 is 2.32 bits per heavy atom. The summed E-state index contributed by atoms with van der Waals surface area (Å²) < 4.78 is 4.62. The fourth-order valence-electron chi connectivity index (χ4n) is 1.61. The third kappa shape index (κ3) is 3.75. The molecule has 0 radical (unpaired) electrons. The number of hydrogen-bond acceptors (Lipinski definition) is 6. The van der Waals surface area contributed by atoms with Gasteiger partial charge in [0.2, 0.25) is 5.82 Å². The summed E-state index contributed by atoms with van der Waals surface area (Å²) in [5.74, 6) is 0.202. The van der Waals surface area contributed by atoms with Crippen molar-refractivity contribution in [3.63, 3.8) is 0 Å². The highest BCUT2D eigenvalue weighted by atomic mass is 32.1. The number of aromatic nitrogens is 2. The highest BCUT2D eigenvalue weighted by Gasteiger charge is 2.11. The number of carbonyl (C=O) groups excluding carboxylic acids is 1. The lowest BCUT2D eigenvalue weighted by atomic mass is 10.2. The molecule has 0 atom stereocenters. The molecular weight excluding hydrogens is 262 g/mol. The van der Waals surface area contributed by atoms with Crippen LogP contribution in [0.5, 0.6) is 0 Å². The lowest BCUT2D eigenvalue weighted by Gasteiger charge is -2.07. The minimum Gasteiger partial charge on any atom is -0.463 e.